The van der Waals surface area contributed by atoms with Crippen molar-refractivity contribution in [3.8, 4) is 0 Å². The number of amides is 1. The predicted molar refractivity (Wildman–Crippen MR) is 78.1 cm³/mol. The van der Waals surface area contributed by atoms with Gasteiger partial charge in [-0.15, -0.1) is 11.6 Å². The molecule has 1 saturated carbocycles. The molecule has 0 radical (unpaired) electrons. The summed E-state index contributed by atoms with van der Waals surface area (Å²) in [4.78, 5) is 12.2. The number of alkyl halides is 1. The van der Waals surface area contributed by atoms with Crippen molar-refractivity contribution in [2.75, 3.05) is 5.88 Å². The second-order valence-electron chi connectivity index (χ2n) is 5.06. The summed E-state index contributed by atoms with van der Waals surface area (Å²) in [6.07, 6.45) is 5.10. The summed E-state index contributed by atoms with van der Waals surface area (Å²) in [7, 11) is 0. The molecule has 0 atom stereocenters. The molecule has 1 aliphatic rings. The van der Waals surface area contributed by atoms with Gasteiger partial charge in [-0.2, -0.15) is 0 Å². The largest absolute Gasteiger partial charge is 0.345 e. The molecule has 0 aliphatic heterocycles. The van der Waals surface area contributed by atoms with Crippen molar-refractivity contribution in [3.63, 3.8) is 0 Å². The molecule has 0 unspecified atom stereocenters. The van der Waals surface area contributed by atoms with E-state index in [1.165, 1.54) is 12.5 Å². The van der Waals surface area contributed by atoms with Crippen LogP contribution in [0, 0.1) is 5.82 Å². The summed E-state index contributed by atoms with van der Waals surface area (Å²) in [5.41, 5.74) is -0.00349. The molecule has 0 bridgehead atoms. The van der Waals surface area contributed by atoms with E-state index in [1.54, 1.807) is 12.1 Å². The summed E-state index contributed by atoms with van der Waals surface area (Å²) in [6, 6.07) is 4.38. The van der Waals surface area contributed by atoms with E-state index in [-0.39, 0.29) is 11.4 Å². The predicted octanol–water partition coefficient (Wildman–Crippen LogP) is 4.26. The Hall–Kier alpha value is -0.610. The minimum absolute atomic E-state index is 0.256. The van der Waals surface area contributed by atoms with Crippen LogP contribution in [0.5, 0.6) is 0 Å². The topological polar surface area (TPSA) is 29.1 Å². The molecule has 1 aromatic rings. The van der Waals surface area contributed by atoms with E-state index in [0.717, 1.165) is 25.7 Å². The van der Waals surface area contributed by atoms with Crippen molar-refractivity contribution < 1.29 is 9.18 Å². The Bertz CT molecular complexity index is 475. The highest BCUT2D eigenvalue weighted by Gasteiger charge is 2.33. The van der Waals surface area contributed by atoms with E-state index >= 15 is 0 Å². The van der Waals surface area contributed by atoms with Gasteiger partial charge in [-0.05, 0) is 47.0 Å². The van der Waals surface area contributed by atoms with Crippen LogP contribution in [0.1, 0.15) is 42.5 Å². The third kappa shape index (κ3) is 3.48. The molecular formula is C14H16BrClFNO. The highest BCUT2D eigenvalue weighted by molar-refractivity contribution is 9.10. The van der Waals surface area contributed by atoms with Crippen LogP contribution in [0.4, 0.5) is 4.39 Å². The zero-order chi connectivity index (χ0) is 13.9. The Morgan fingerprint density at radius 2 is 2.05 bits per heavy atom. The third-order valence-electron chi connectivity index (χ3n) is 3.63. The molecule has 1 aliphatic carbocycles. The summed E-state index contributed by atoms with van der Waals surface area (Å²) < 4.78 is 13.8. The van der Waals surface area contributed by atoms with Crippen LogP contribution in [0.15, 0.2) is 22.7 Å². The summed E-state index contributed by atoms with van der Waals surface area (Å²) in [5.74, 6) is -0.289. The van der Waals surface area contributed by atoms with Gasteiger partial charge in [0.2, 0.25) is 0 Å². The lowest BCUT2D eigenvalue weighted by molar-refractivity contribution is 0.0884. The number of nitrogens with one attached hydrogen (secondary N) is 1. The maximum absolute atomic E-state index is 13.4. The highest BCUT2D eigenvalue weighted by atomic mass is 79.9. The molecule has 1 N–H and O–H groups in total. The van der Waals surface area contributed by atoms with E-state index in [1.807, 2.05) is 0 Å². The van der Waals surface area contributed by atoms with Gasteiger partial charge in [0.05, 0.1) is 10.0 Å². The molecule has 0 saturated heterocycles. The molecule has 5 heteroatoms. The number of benzene rings is 1. The Kier molecular flexibility index (Phi) is 4.85. The van der Waals surface area contributed by atoms with Crippen molar-refractivity contribution in [2.24, 2.45) is 0 Å². The zero-order valence-corrected chi connectivity index (χ0v) is 12.9. The van der Waals surface area contributed by atoms with Gasteiger partial charge in [-0.3, -0.25) is 4.79 Å². The minimum Gasteiger partial charge on any atom is -0.345 e. The summed E-state index contributed by atoms with van der Waals surface area (Å²) in [6.45, 7) is 0. The Labute approximate surface area is 125 Å². The van der Waals surface area contributed by atoms with Gasteiger partial charge in [0.15, 0.2) is 0 Å². The first-order valence-electron chi connectivity index (χ1n) is 6.40. The van der Waals surface area contributed by atoms with Crippen LogP contribution in [0.2, 0.25) is 0 Å². The first kappa shape index (κ1) is 14.8. The Morgan fingerprint density at radius 3 is 2.63 bits per heavy atom. The van der Waals surface area contributed by atoms with Crippen molar-refractivity contribution in [2.45, 2.75) is 37.6 Å². The maximum atomic E-state index is 13.4. The molecule has 2 rings (SSSR count). The lowest BCUT2D eigenvalue weighted by atomic mass is 9.83. The first-order chi connectivity index (χ1) is 9.06. The third-order valence-corrected chi connectivity index (χ3v) is 4.78. The molecule has 1 fully saturated rings. The molecule has 0 spiro atoms. The Balaban J connectivity index is 2.12. The highest BCUT2D eigenvalue weighted by Crippen LogP contribution is 2.29. The molecule has 1 aromatic carbocycles. The molecule has 104 valence electrons. The second-order valence-corrected chi connectivity index (χ2v) is 6.18. The van der Waals surface area contributed by atoms with Crippen LogP contribution >= 0.6 is 27.5 Å². The van der Waals surface area contributed by atoms with Gasteiger partial charge < -0.3 is 5.32 Å². The summed E-state index contributed by atoms with van der Waals surface area (Å²) >= 11 is 9.10. The van der Waals surface area contributed by atoms with Crippen molar-refractivity contribution >= 4 is 33.4 Å². The van der Waals surface area contributed by atoms with Crippen LogP contribution < -0.4 is 5.32 Å². The zero-order valence-electron chi connectivity index (χ0n) is 10.5. The average Bonchev–Trinajstić information content (AvgIpc) is 2.43. The van der Waals surface area contributed by atoms with E-state index in [2.05, 4.69) is 21.2 Å². The first-order valence-corrected chi connectivity index (χ1v) is 7.73. The van der Waals surface area contributed by atoms with Crippen molar-refractivity contribution in [1.29, 1.82) is 0 Å². The van der Waals surface area contributed by atoms with E-state index in [0.29, 0.717) is 15.9 Å². The van der Waals surface area contributed by atoms with Gasteiger partial charge in [0.1, 0.15) is 5.82 Å². The number of hydrogen-bond donors (Lipinski definition) is 1. The average molecular weight is 349 g/mol. The fourth-order valence-electron chi connectivity index (χ4n) is 2.47. The molecular weight excluding hydrogens is 333 g/mol. The van der Waals surface area contributed by atoms with Crippen LogP contribution in [-0.2, 0) is 0 Å². The quantitative estimate of drug-likeness (QED) is 0.813. The van der Waals surface area contributed by atoms with Crippen LogP contribution in [0.25, 0.3) is 0 Å². The smallest absolute Gasteiger partial charge is 0.251 e. The summed E-state index contributed by atoms with van der Waals surface area (Å²) in [5, 5.41) is 2.99. The van der Waals surface area contributed by atoms with Crippen molar-refractivity contribution in [1.82, 2.24) is 5.32 Å². The fourth-order valence-corrected chi connectivity index (χ4v) is 3.05. The molecule has 0 aromatic heterocycles. The Morgan fingerprint density at radius 1 is 1.37 bits per heavy atom. The molecule has 2 nitrogen and oxygen atoms in total. The lowest BCUT2D eigenvalue weighted by Gasteiger charge is -2.36. The van der Waals surface area contributed by atoms with Gasteiger partial charge >= 0.3 is 0 Å². The van der Waals surface area contributed by atoms with Gasteiger partial charge in [0.25, 0.3) is 5.91 Å². The number of hydrogen-bond acceptors (Lipinski definition) is 1. The maximum Gasteiger partial charge on any atom is 0.251 e. The fraction of sp³-hybridized carbons (Fsp3) is 0.500. The van der Waals surface area contributed by atoms with Crippen LogP contribution in [-0.4, -0.2) is 17.3 Å². The van der Waals surface area contributed by atoms with Crippen molar-refractivity contribution in [3.05, 3.63) is 34.1 Å². The van der Waals surface area contributed by atoms with Gasteiger partial charge in [-0.1, -0.05) is 19.3 Å². The van der Waals surface area contributed by atoms with Crippen LogP contribution in [0.3, 0.4) is 0 Å². The van der Waals surface area contributed by atoms with E-state index in [4.69, 9.17) is 11.6 Å². The minimum atomic E-state index is -0.434. The standard InChI is InChI=1S/C14H16BrClFNO/c15-11-5-4-10(8-12(11)17)13(19)18-14(9-16)6-2-1-3-7-14/h4-5,8H,1-3,6-7,9H2,(H,18,19). The normalized spacial score (nSPS) is 18.1. The van der Waals surface area contributed by atoms with E-state index < -0.39 is 5.82 Å². The number of rotatable bonds is 3. The monoisotopic (exact) mass is 347 g/mol. The molecule has 19 heavy (non-hydrogen) atoms. The van der Waals surface area contributed by atoms with E-state index in [9.17, 15) is 9.18 Å². The lowest BCUT2D eigenvalue weighted by Crippen LogP contribution is -2.51. The molecule has 1 amide bonds. The number of carbonyl (C=O) groups excluding carboxylic acids is 1. The van der Waals surface area contributed by atoms with Gasteiger partial charge in [-0.25, -0.2) is 4.39 Å². The molecule has 0 heterocycles. The number of carbonyl (C=O) groups is 1. The SMILES string of the molecule is O=C(NC1(CCl)CCCCC1)c1ccc(Br)c(F)c1. The number of halogens is 3. The second kappa shape index (κ2) is 6.23. The van der Waals surface area contributed by atoms with Gasteiger partial charge in [0, 0.05) is 11.4 Å².